The molecule has 0 aromatic carbocycles. The number of nitrogens with zero attached hydrogens (tertiary/aromatic N) is 1. The van der Waals surface area contributed by atoms with E-state index in [0.717, 1.165) is 19.3 Å². The summed E-state index contributed by atoms with van der Waals surface area (Å²) in [4.78, 5) is 0. The van der Waals surface area contributed by atoms with Gasteiger partial charge in [0.15, 0.2) is 0 Å². The summed E-state index contributed by atoms with van der Waals surface area (Å²) in [6.45, 7) is -3.47. The van der Waals surface area contributed by atoms with Crippen LogP contribution in [0.2, 0.25) is 0 Å². The molecule has 2 nitrogen and oxygen atoms in total. The Labute approximate surface area is 126 Å². The maximum Gasteiger partial charge on any atom is 0.371 e. The van der Waals surface area contributed by atoms with Crippen LogP contribution in [0.25, 0.3) is 5.32 Å². The van der Waals surface area contributed by atoms with E-state index in [-0.39, 0.29) is 0 Å². The van der Waals surface area contributed by atoms with Crippen molar-refractivity contribution in [1.82, 2.24) is 0 Å². The van der Waals surface area contributed by atoms with Crippen molar-refractivity contribution >= 4 is 0 Å². The normalized spacial score (nSPS) is 37.8. The molecule has 0 amide bonds. The molecule has 0 aliphatic heterocycles. The second-order valence-corrected chi connectivity index (χ2v) is 7.40. The zero-order valence-corrected chi connectivity index (χ0v) is 12.3. The van der Waals surface area contributed by atoms with Crippen molar-refractivity contribution in [1.29, 1.82) is 0 Å². The summed E-state index contributed by atoms with van der Waals surface area (Å²) in [5.41, 5.74) is -0.456. The maximum absolute atomic E-state index is 13.7. The molecule has 128 valence electrons. The number of rotatable bonds is 6. The maximum atomic E-state index is 13.7. The lowest BCUT2D eigenvalue weighted by Crippen LogP contribution is -2.53. The fraction of sp³-hybridized carbons (Fsp3) is 1.00. The van der Waals surface area contributed by atoms with Crippen LogP contribution in [-0.4, -0.2) is 37.4 Å². The van der Waals surface area contributed by atoms with Gasteiger partial charge in [-0.25, -0.2) is 8.78 Å². The van der Waals surface area contributed by atoms with Gasteiger partial charge >= 0.3 is 6.18 Å². The minimum absolute atomic E-state index is 0.456. The Balaban J connectivity index is 1.49. The fourth-order valence-corrected chi connectivity index (χ4v) is 4.86. The van der Waals surface area contributed by atoms with Crippen molar-refractivity contribution < 1.29 is 26.7 Å². The molecule has 0 heterocycles. The summed E-state index contributed by atoms with van der Waals surface area (Å²) >= 11 is 0. The van der Waals surface area contributed by atoms with Crippen molar-refractivity contribution in [3.05, 3.63) is 5.32 Å². The van der Waals surface area contributed by atoms with Crippen molar-refractivity contribution in [3.8, 4) is 0 Å². The summed E-state index contributed by atoms with van der Waals surface area (Å²) < 4.78 is 68.8. The van der Waals surface area contributed by atoms with Crippen LogP contribution >= 0.6 is 0 Å². The molecule has 4 saturated carbocycles. The summed E-state index contributed by atoms with van der Waals surface area (Å²) in [7, 11) is 0. The highest BCUT2D eigenvalue weighted by Crippen LogP contribution is 2.57. The molecule has 0 aromatic heterocycles. The van der Waals surface area contributed by atoms with Crippen LogP contribution in [0.5, 0.6) is 0 Å². The van der Waals surface area contributed by atoms with Gasteiger partial charge in [0.2, 0.25) is 0 Å². The highest BCUT2D eigenvalue weighted by atomic mass is 19.4. The average Bonchev–Trinajstić information content (AvgIpc) is 2.33. The molecular weight excluding hydrogens is 305 g/mol. The van der Waals surface area contributed by atoms with Crippen LogP contribution in [0.15, 0.2) is 0 Å². The van der Waals surface area contributed by atoms with Gasteiger partial charge in [-0.1, -0.05) is 13.1 Å². The van der Waals surface area contributed by atoms with E-state index in [9.17, 15) is 22.0 Å². The second-order valence-electron chi connectivity index (χ2n) is 7.40. The van der Waals surface area contributed by atoms with Gasteiger partial charge in [0.1, 0.15) is 6.61 Å². The first-order valence-corrected chi connectivity index (χ1v) is 7.87. The number of hydrogen-bond donors (Lipinski definition) is 0. The first-order valence-electron chi connectivity index (χ1n) is 7.87. The van der Waals surface area contributed by atoms with Crippen molar-refractivity contribution in [3.63, 3.8) is 0 Å². The van der Waals surface area contributed by atoms with E-state index in [2.05, 4.69) is 5.32 Å². The van der Waals surface area contributed by atoms with Gasteiger partial charge in [-0.2, -0.15) is 13.2 Å². The van der Waals surface area contributed by atoms with Crippen LogP contribution in [0.1, 0.15) is 38.5 Å². The number of ether oxygens (including phenoxy) is 1. The van der Waals surface area contributed by atoms with E-state index in [1.165, 1.54) is 19.3 Å². The highest BCUT2D eigenvalue weighted by Gasteiger charge is 2.52. The lowest BCUT2D eigenvalue weighted by Gasteiger charge is -2.56. The molecule has 4 rings (SSSR count). The lowest BCUT2D eigenvalue weighted by molar-refractivity contribution is -0.197. The fourth-order valence-electron chi connectivity index (χ4n) is 4.86. The van der Waals surface area contributed by atoms with Crippen LogP contribution in [-0.2, 0) is 4.74 Å². The smallest absolute Gasteiger partial charge is 0.371 e. The van der Waals surface area contributed by atoms with E-state index in [0.29, 0.717) is 17.8 Å². The molecule has 0 N–H and O–H groups in total. The first-order chi connectivity index (χ1) is 10.1. The predicted molar refractivity (Wildman–Crippen MR) is 71.0 cm³/mol. The van der Waals surface area contributed by atoms with Gasteiger partial charge < -0.3 is 10.1 Å². The third-order valence-corrected chi connectivity index (χ3v) is 5.21. The SMILES string of the molecule is FC(F)(F)C[N-]CC(F)(F)COC12CC3CC(CC(C3)C1)C2. The quantitative estimate of drug-likeness (QED) is 0.657. The molecule has 4 bridgehead atoms. The summed E-state index contributed by atoms with van der Waals surface area (Å²) in [6.07, 6.45) is 1.49. The minimum Gasteiger partial charge on any atom is -0.650 e. The highest BCUT2D eigenvalue weighted by molar-refractivity contribution is 5.03. The second kappa shape index (κ2) is 5.58. The third-order valence-electron chi connectivity index (χ3n) is 5.21. The van der Waals surface area contributed by atoms with Crippen LogP contribution in [0, 0.1) is 17.8 Å². The minimum atomic E-state index is -4.53. The summed E-state index contributed by atoms with van der Waals surface area (Å²) in [6, 6.07) is 0. The molecule has 0 radical (unpaired) electrons. The zero-order chi connectivity index (χ0) is 16.0. The van der Waals surface area contributed by atoms with Crippen LogP contribution in [0.3, 0.4) is 0 Å². The molecule has 0 aromatic rings. The van der Waals surface area contributed by atoms with Gasteiger partial charge in [0, 0.05) is 0 Å². The Morgan fingerprint density at radius 3 is 1.82 bits per heavy atom. The Morgan fingerprint density at radius 2 is 1.36 bits per heavy atom. The van der Waals surface area contributed by atoms with E-state index < -0.39 is 37.4 Å². The number of alkyl halides is 5. The van der Waals surface area contributed by atoms with Crippen molar-refractivity contribution in [2.24, 2.45) is 17.8 Å². The van der Waals surface area contributed by atoms with Crippen molar-refractivity contribution in [2.45, 2.75) is 56.2 Å². The molecule has 4 fully saturated rings. The standard InChI is InChI=1S/C15H21F5NO/c16-14(17,7-21-8-15(18,19)20)9-22-13-4-10-1-11(5-13)3-12(2-10)6-13/h10-12H,1-9H2/q-1. The molecule has 0 atom stereocenters. The first kappa shape index (κ1) is 16.4. The largest absolute Gasteiger partial charge is 0.650 e. The Bertz CT molecular complexity index is 374. The zero-order valence-electron chi connectivity index (χ0n) is 12.3. The predicted octanol–water partition coefficient (Wildman–Crippen LogP) is 4.54. The Morgan fingerprint density at radius 1 is 0.864 bits per heavy atom. The molecule has 4 aliphatic rings. The molecule has 7 heteroatoms. The van der Waals surface area contributed by atoms with Gasteiger partial charge in [0.25, 0.3) is 5.92 Å². The molecule has 22 heavy (non-hydrogen) atoms. The topological polar surface area (TPSA) is 23.3 Å². The Hall–Kier alpha value is -0.430. The van der Waals surface area contributed by atoms with Gasteiger partial charge in [0.05, 0.1) is 5.60 Å². The van der Waals surface area contributed by atoms with Crippen LogP contribution < -0.4 is 0 Å². The molecule has 4 aliphatic carbocycles. The Kier molecular flexibility index (Phi) is 4.17. The van der Waals surface area contributed by atoms with E-state index in [1.807, 2.05) is 0 Å². The summed E-state index contributed by atoms with van der Waals surface area (Å²) in [5.74, 6) is -1.59. The molecule has 0 unspecified atom stereocenters. The number of halogens is 5. The van der Waals surface area contributed by atoms with E-state index in [1.54, 1.807) is 0 Å². The molecule has 0 spiro atoms. The van der Waals surface area contributed by atoms with Gasteiger partial charge in [-0.15, -0.1) is 0 Å². The number of hydrogen-bond acceptors (Lipinski definition) is 1. The molecule has 0 saturated heterocycles. The monoisotopic (exact) mass is 326 g/mol. The van der Waals surface area contributed by atoms with Crippen molar-refractivity contribution in [2.75, 3.05) is 19.7 Å². The third kappa shape index (κ3) is 3.91. The van der Waals surface area contributed by atoms with Crippen LogP contribution in [0.4, 0.5) is 22.0 Å². The van der Waals surface area contributed by atoms with E-state index in [4.69, 9.17) is 4.74 Å². The van der Waals surface area contributed by atoms with E-state index >= 15 is 0 Å². The lowest BCUT2D eigenvalue weighted by atomic mass is 9.54. The van der Waals surface area contributed by atoms with Gasteiger partial charge in [-0.05, 0) is 56.3 Å². The van der Waals surface area contributed by atoms with Gasteiger partial charge in [-0.3, -0.25) is 0 Å². The molecular formula is C15H21F5NO-. The summed E-state index contributed by atoms with van der Waals surface area (Å²) in [5, 5.41) is 2.92. The average molecular weight is 326 g/mol.